The van der Waals surface area contributed by atoms with Gasteiger partial charge >= 0.3 is 0 Å². The van der Waals surface area contributed by atoms with E-state index >= 15 is 0 Å². The van der Waals surface area contributed by atoms with E-state index in [2.05, 4.69) is 41.1 Å². The smallest absolute Gasteiger partial charge is 0.269 e. The number of nitro benzene ring substituents is 1. The zero-order valence-electron chi connectivity index (χ0n) is 18.2. The quantitative estimate of drug-likeness (QED) is 0.568. The first-order chi connectivity index (χ1) is 14.9. The van der Waals surface area contributed by atoms with Crippen molar-refractivity contribution < 1.29 is 9.72 Å². The van der Waals surface area contributed by atoms with Gasteiger partial charge in [-0.1, -0.05) is 32.0 Å². The average molecular weight is 423 g/mol. The Kier molecular flexibility index (Phi) is 6.11. The van der Waals surface area contributed by atoms with E-state index in [1.165, 1.54) is 0 Å². The molecule has 2 aliphatic rings. The summed E-state index contributed by atoms with van der Waals surface area (Å²) in [5.74, 6) is 0.325. The van der Waals surface area contributed by atoms with Crippen LogP contribution in [-0.4, -0.2) is 43.1 Å². The number of carbonyl (C=O) groups excluding carboxylic acids is 1. The minimum atomic E-state index is -0.364. The average Bonchev–Trinajstić information content (AvgIpc) is 2.78. The Morgan fingerprint density at radius 2 is 1.97 bits per heavy atom. The molecule has 2 aromatic carbocycles. The topological polar surface area (TPSA) is 78.7 Å². The number of nitrogens with one attached hydrogen (secondary N) is 1. The lowest BCUT2D eigenvalue weighted by Crippen LogP contribution is -2.61. The van der Waals surface area contributed by atoms with Crippen LogP contribution in [0.3, 0.4) is 0 Å². The largest absolute Gasteiger partial charge is 0.368 e. The highest BCUT2D eigenvalue weighted by molar-refractivity contribution is 5.82. The number of non-ortho nitro benzene ring substituents is 1. The lowest BCUT2D eigenvalue weighted by atomic mass is 9.83. The van der Waals surface area contributed by atoms with Crippen LogP contribution >= 0.6 is 0 Å². The molecule has 1 saturated heterocycles. The van der Waals surface area contributed by atoms with Crippen LogP contribution in [0, 0.1) is 22.0 Å². The first-order valence-corrected chi connectivity index (χ1v) is 11.1. The van der Waals surface area contributed by atoms with E-state index < -0.39 is 0 Å². The standard InChI is InChI=1S/C24H30N4O3/c1-17(2)10-11-25-24(29)21-15-18-14-20(28(30)31)8-9-22(18)27-13-12-26(16-23(21)27)19-6-4-3-5-7-19/h3-9,14,17,21,23H,10-13,15-16H2,1-2H3,(H,25,29)/t21-,23+/m1/s1. The van der Waals surface area contributed by atoms with Gasteiger partial charge in [0.15, 0.2) is 0 Å². The van der Waals surface area contributed by atoms with Crippen LogP contribution in [0.5, 0.6) is 0 Å². The first kappa shape index (κ1) is 21.2. The van der Waals surface area contributed by atoms with Crippen LogP contribution in [0.4, 0.5) is 17.1 Å². The minimum absolute atomic E-state index is 0.0296. The third kappa shape index (κ3) is 4.50. The summed E-state index contributed by atoms with van der Waals surface area (Å²) in [5.41, 5.74) is 3.16. The highest BCUT2D eigenvalue weighted by atomic mass is 16.6. The number of carbonyl (C=O) groups is 1. The molecule has 0 unspecified atom stereocenters. The highest BCUT2D eigenvalue weighted by Gasteiger charge is 2.42. The molecule has 7 heteroatoms. The lowest BCUT2D eigenvalue weighted by molar-refractivity contribution is -0.384. The van der Waals surface area contributed by atoms with Crippen molar-refractivity contribution in [3.05, 3.63) is 64.2 Å². The van der Waals surface area contributed by atoms with Crippen LogP contribution < -0.4 is 15.1 Å². The molecule has 2 atom stereocenters. The summed E-state index contributed by atoms with van der Waals surface area (Å²) in [5, 5.41) is 14.4. The fraction of sp³-hybridized carbons (Fsp3) is 0.458. The Hall–Kier alpha value is -3.09. The summed E-state index contributed by atoms with van der Waals surface area (Å²) < 4.78 is 0. The van der Waals surface area contributed by atoms with Crippen molar-refractivity contribution >= 4 is 23.0 Å². The molecule has 31 heavy (non-hydrogen) atoms. The SMILES string of the molecule is CC(C)CCNC(=O)[C@@H]1Cc2cc([N+](=O)[O-])ccc2N2CCN(c3ccccc3)C[C@@H]12. The van der Waals surface area contributed by atoms with Crippen LogP contribution in [-0.2, 0) is 11.2 Å². The van der Waals surface area contributed by atoms with Crippen LogP contribution in [0.25, 0.3) is 0 Å². The molecule has 1 N–H and O–H groups in total. The van der Waals surface area contributed by atoms with Gasteiger partial charge in [0.25, 0.3) is 5.69 Å². The molecule has 4 rings (SSSR count). The van der Waals surface area contributed by atoms with E-state index in [1.54, 1.807) is 12.1 Å². The van der Waals surface area contributed by atoms with Crippen molar-refractivity contribution in [2.75, 3.05) is 36.0 Å². The van der Waals surface area contributed by atoms with Crippen molar-refractivity contribution in [1.29, 1.82) is 0 Å². The summed E-state index contributed by atoms with van der Waals surface area (Å²) in [4.78, 5) is 28.8. The second-order valence-electron chi connectivity index (χ2n) is 8.90. The van der Waals surface area contributed by atoms with E-state index in [9.17, 15) is 14.9 Å². The van der Waals surface area contributed by atoms with E-state index in [0.717, 1.165) is 43.0 Å². The number of nitro groups is 1. The van der Waals surface area contributed by atoms with E-state index in [0.29, 0.717) is 18.9 Å². The fourth-order valence-corrected chi connectivity index (χ4v) is 4.71. The Morgan fingerprint density at radius 1 is 1.19 bits per heavy atom. The third-order valence-electron chi connectivity index (χ3n) is 6.39. The maximum Gasteiger partial charge on any atom is 0.269 e. The molecule has 2 heterocycles. The van der Waals surface area contributed by atoms with Gasteiger partial charge in [0, 0.05) is 49.7 Å². The van der Waals surface area contributed by atoms with Gasteiger partial charge in [0.05, 0.1) is 16.9 Å². The van der Waals surface area contributed by atoms with Crippen LogP contribution in [0.1, 0.15) is 25.8 Å². The number of hydrogen-bond donors (Lipinski definition) is 1. The second kappa shape index (κ2) is 8.96. The Balaban J connectivity index is 1.62. The summed E-state index contributed by atoms with van der Waals surface area (Å²) in [6.07, 6.45) is 1.46. The zero-order chi connectivity index (χ0) is 22.0. The zero-order valence-corrected chi connectivity index (χ0v) is 18.2. The summed E-state index contributed by atoms with van der Waals surface area (Å²) in [7, 11) is 0. The van der Waals surface area contributed by atoms with Gasteiger partial charge < -0.3 is 15.1 Å². The second-order valence-corrected chi connectivity index (χ2v) is 8.90. The molecular formula is C24H30N4O3. The predicted octanol–water partition coefficient (Wildman–Crippen LogP) is 3.62. The van der Waals surface area contributed by atoms with Gasteiger partial charge in [-0.15, -0.1) is 0 Å². The van der Waals surface area contributed by atoms with Gasteiger partial charge in [-0.3, -0.25) is 14.9 Å². The minimum Gasteiger partial charge on any atom is -0.368 e. The van der Waals surface area contributed by atoms with E-state index in [4.69, 9.17) is 0 Å². The molecule has 0 radical (unpaired) electrons. The molecular weight excluding hydrogens is 392 g/mol. The number of amides is 1. The number of piperazine rings is 1. The van der Waals surface area contributed by atoms with Gasteiger partial charge in [0.1, 0.15) is 0 Å². The maximum absolute atomic E-state index is 13.2. The highest BCUT2D eigenvalue weighted by Crippen LogP contribution is 2.38. The number of fused-ring (bicyclic) bond motifs is 3. The molecule has 7 nitrogen and oxygen atoms in total. The summed E-state index contributed by atoms with van der Waals surface area (Å²) in [6, 6.07) is 15.4. The number of hydrogen-bond acceptors (Lipinski definition) is 5. The van der Waals surface area contributed by atoms with E-state index in [1.807, 2.05) is 24.3 Å². The van der Waals surface area contributed by atoms with Crippen molar-refractivity contribution in [1.82, 2.24) is 5.32 Å². The molecule has 1 amide bonds. The molecule has 2 aromatic rings. The van der Waals surface area contributed by atoms with Gasteiger partial charge in [-0.25, -0.2) is 0 Å². The molecule has 1 fully saturated rings. The van der Waals surface area contributed by atoms with Crippen LogP contribution in [0.2, 0.25) is 0 Å². The van der Waals surface area contributed by atoms with Crippen molar-refractivity contribution in [2.24, 2.45) is 11.8 Å². The van der Waals surface area contributed by atoms with Gasteiger partial charge in [-0.2, -0.15) is 0 Å². The third-order valence-corrected chi connectivity index (χ3v) is 6.39. The molecule has 0 saturated carbocycles. The van der Waals surface area contributed by atoms with Crippen molar-refractivity contribution in [2.45, 2.75) is 32.7 Å². The lowest BCUT2D eigenvalue weighted by Gasteiger charge is -2.49. The number of nitrogens with zero attached hydrogens (tertiary/aromatic N) is 3. The number of para-hydroxylation sites is 1. The maximum atomic E-state index is 13.2. The fourth-order valence-electron chi connectivity index (χ4n) is 4.71. The normalized spacial score (nSPS) is 20.2. The molecule has 164 valence electrons. The Bertz CT molecular complexity index is 947. The summed E-state index contributed by atoms with van der Waals surface area (Å²) >= 11 is 0. The monoisotopic (exact) mass is 422 g/mol. The predicted molar refractivity (Wildman–Crippen MR) is 123 cm³/mol. The van der Waals surface area contributed by atoms with Crippen molar-refractivity contribution in [3.8, 4) is 0 Å². The first-order valence-electron chi connectivity index (χ1n) is 11.1. The van der Waals surface area contributed by atoms with Gasteiger partial charge in [-0.05, 0) is 42.5 Å². The number of benzene rings is 2. The van der Waals surface area contributed by atoms with Gasteiger partial charge in [0.2, 0.25) is 5.91 Å². The molecule has 0 aliphatic carbocycles. The molecule has 0 aromatic heterocycles. The molecule has 0 spiro atoms. The molecule has 2 aliphatic heterocycles. The van der Waals surface area contributed by atoms with Crippen LogP contribution in [0.15, 0.2) is 48.5 Å². The van der Waals surface area contributed by atoms with Crippen molar-refractivity contribution in [3.63, 3.8) is 0 Å². The summed E-state index contributed by atoms with van der Waals surface area (Å²) in [6.45, 7) is 7.32. The number of anilines is 2. The number of rotatable bonds is 6. The Morgan fingerprint density at radius 3 is 2.68 bits per heavy atom. The Labute approximate surface area is 183 Å². The molecule has 0 bridgehead atoms. The van der Waals surface area contributed by atoms with E-state index in [-0.39, 0.29) is 28.5 Å².